The van der Waals surface area contributed by atoms with Crippen LogP contribution in [0.4, 0.5) is 4.39 Å². The maximum atomic E-state index is 12.9. The molecule has 1 atom stereocenters. The number of hydrogen-bond donors (Lipinski definition) is 1. The molecule has 0 aromatic heterocycles. The minimum atomic E-state index is -0.347. The Hall–Kier alpha value is -0.600. The number of halogens is 2. The van der Waals surface area contributed by atoms with Gasteiger partial charge < -0.3 is 5.73 Å². The molecular formula is C13H17ClFN. The van der Waals surface area contributed by atoms with Gasteiger partial charge in [-0.2, -0.15) is 0 Å². The maximum absolute atomic E-state index is 12.9. The van der Waals surface area contributed by atoms with E-state index < -0.39 is 0 Å². The summed E-state index contributed by atoms with van der Waals surface area (Å²) in [5.41, 5.74) is 7.10. The average molecular weight is 242 g/mol. The lowest BCUT2D eigenvalue weighted by Gasteiger charge is -2.09. The fourth-order valence-corrected chi connectivity index (χ4v) is 2.20. The highest BCUT2D eigenvalue weighted by Crippen LogP contribution is 2.33. The first kappa shape index (κ1) is 11.9. The molecular weight excluding hydrogens is 225 g/mol. The van der Waals surface area contributed by atoms with E-state index in [4.69, 9.17) is 17.3 Å². The largest absolute Gasteiger partial charge is 0.327 e. The second-order valence-electron chi connectivity index (χ2n) is 4.64. The molecule has 1 unspecified atom stereocenters. The number of benzene rings is 1. The number of hydrogen-bond acceptors (Lipinski definition) is 1. The summed E-state index contributed by atoms with van der Waals surface area (Å²) in [7, 11) is 0. The normalized spacial score (nSPS) is 17.4. The van der Waals surface area contributed by atoms with Gasteiger partial charge in [0.15, 0.2) is 0 Å². The molecule has 0 aliphatic heterocycles. The zero-order valence-corrected chi connectivity index (χ0v) is 10.0. The van der Waals surface area contributed by atoms with Crippen molar-refractivity contribution >= 4 is 11.6 Å². The van der Waals surface area contributed by atoms with Gasteiger partial charge in [0.1, 0.15) is 5.82 Å². The zero-order chi connectivity index (χ0) is 11.5. The van der Waals surface area contributed by atoms with Gasteiger partial charge in [0, 0.05) is 6.04 Å². The number of aryl methyl sites for hydroxylation is 1. The van der Waals surface area contributed by atoms with Crippen LogP contribution in [0.3, 0.4) is 0 Å². The van der Waals surface area contributed by atoms with Crippen LogP contribution in [0.1, 0.15) is 31.2 Å². The van der Waals surface area contributed by atoms with Gasteiger partial charge in [-0.25, -0.2) is 4.39 Å². The van der Waals surface area contributed by atoms with Crippen LogP contribution in [0, 0.1) is 11.7 Å². The Morgan fingerprint density at radius 2 is 2.19 bits per heavy atom. The summed E-state index contributed by atoms with van der Waals surface area (Å²) in [6.07, 6.45) is 5.63. The molecule has 0 saturated heterocycles. The highest BCUT2D eigenvalue weighted by molar-refractivity contribution is 6.30. The molecule has 0 heterocycles. The minimum Gasteiger partial charge on any atom is -0.327 e. The van der Waals surface area contributed by atoms with E-state index in [1.165, 1.54) is 18.9 Å². The standard InChI is InChI=1S/C13H17ClFN/c14-11-8-9(4-7-12(11)15)2-1-3-13(16)10-5-6-10/h4,7-8,10,13H,1-3,5-6,16H2. The third kappa shape index (κ3) is 3.19. The quantitative estimate of drug-likeness (QED) is 0.839. The molecule has 0 spiro atoms. The lowest BCUT2D eigenvalue weighted by molar-refractivity contribution is 0.528. The molecule has 2 rings (SSSR count). The van der Waals surface area contributed by atoms with E-state index in [0.717, 1.165) is 30.7 Å². The lowest BCUT2D eigenvalue weighted by atomic mass is 10.0. The molecule has 3 heteroatoms. The molecule has 0 amide bonds. The van der Waals surface area contributed by atoms with Gasteiger partial charge in [0.25, 0.3) is 0 Å². The van der Waals surface area contributed by atoms with Gasteiger partial charge in [-0.15, -0.1) is 0 Å². The third-order valence-corrected chi connectivity index (χ3v) is 3.50. The van der Waals surface area contributed by atoms with Crippen LogP contribution in [-0.4, -0.2) is 6.04 Å². The van der Waals surface area contributed by atoms with Crippen molar-refractivity contribution in [3.8, 4) is 0 Å². The Labute approximate surface area is 101 Å². The van der Waals surface area contributed by atoms with Crippen molar-refractivity contribution < 1.29 is 4.39 Å². The first-order chi connectivity index (χ1) is 7.66. The van der Waals surface area contributed by atoms with Crippen LogP contribution in [0.5, 0.6) is 0 Å². The van der Waals surface area contributed by atoms with Crippen molar-refractivity contribution in [2.24, 2.45) is 11.7 Å². The van der Waals surface area contributed by atoms with E-state index in [1.807, 2.05) is 0 Å². The predicted molar refractivity (Wildman–Crippen MR) is 65.0 cm³/mol. The minimum absolute atomic E-state index is 0.212. The van der Waals surface area contributed by atoms with Gasteiger partial charge in [0.2, 0.25) is 0 Å². The van der Waals surface area contributed by atoms with Crippen LogP contribution >= 0.6 is 11.6 Å². The molecule has 1 aliphatic rings. The van der Waals surface area contributed by atoms with E-state index in [2.05, 4.69) is 0 Å². The molecule has 16 heavy (non-hydrogen) atoms. The van der Waals surface area contributed by atoms with E-state index in [-0.39, 0.29) is 10.8 Å². The van der Waals surface area contributed by atoms with Gasteiger partial charge in [-0.1, -0.05) is 17.7 Å². The fourth-order valence-electron chi connectivity index (χ4n) is 2.00. The van der Waals surface area contributed by atoms with E-state index in [9.17, 15) is 4.39 Å². The van der Waals surface area contributed by atoms with Gasteiger partial charge in [0.05, 0.1) is 5.02 Å². The molecule has 2 N–H and O–H groups in total. The summed E-state index contributed by atoms with van der Waals surface area (Å²) in [5, 5.41) is 0.212. The molecule has 1 fully saturated rings. The Balaban J connectivity index is 1.78. The SMILES string of the molecule is NC(CCCc1ccc(F)c(Cl)c1)C1CC1. The van der Waals surface area contributed by atoms with Gasteiger partial charge >= 0.3 is 0 Å². The van der Waals surface area contributed by atoms with E-state index in [0.29, 0.717) is 6.04 Å². The third-order valence-electron chi connectivity index (χ3n) is 3.21. The monoisotopic (exact) mass is 241 g/mol. The van der Waals surface area contributed by atoms with Crippen molar-refractivity contribution in [1.29, 1.82) is 0 Å². The molecule has 1 saturated carbocycles. The van der Waals surface area contributed by atoms with E-state index >= 15 is 0 Å². The summed E-state index contributed by atoms with van der Waals surface area (Å²) in [6.45, 7) is 0. The Morgan fingerprint density at radius 1 is 1.44 bits per heavy atom. The fraction of sp³-hybridized carbons (Fsp3) is 0.538. The molecule has 1 aliphatic carbocycles. The summed E-state index contributed by atoms with van der Waals surface area (Å²) >= 11 is 5.72. The van der Waals surface area contributed by atoms with E-state index in [1.54, 1.807) is 12.1 Å². The Bertz CT molecular complexity index is 363. The molecule has 1 aromatic rings. The highest BCUT2D eigenvalue weighted by atomic mass is 35.5. The van der Waals surface area contributed by atoms with Crippen LogP contribution in [0.15, 0.2) is 18.2 Å². The molecule has 1 aromatic carbocycles. The van der Waals surface area contributed by atoms with Crippen LogP contribution in [0.2, 0.25) is 5.02 Å². The number of rotatable bonds is 5. The molecule has 0 radical (unpaired) electrons. The summed E-state index contributed by atoms with van der Waals surface area (Å²) in [5.74, 6) is 0.414. The smallest absolute Gasteiger partial charge is 0.141 e. The van der Waals surface area contributed by atoms with Crippen LogP contribution in [-0.2, 0) is 6.42 Å². The summed E-state index contributed by atoms with van der Waals surface area (Å²) in [6, 6.07) is 5.29. The second kappa shape index (κ2) is 5.15. The Kier molecular flexibility index (Phi) is 3.82. The van der Waals surface area contributed by atoms with Crippen molar-refractivity contribution in [3.05, 3.63) is 34.6 Å². The topological polar surface area (TPSA) is 26.0 Å². The highest BCUT2D eigenvalue weighted by Gasteiger charge is 2.27. The van der Waals surface area contributed by atoms with Crippen molar-refractivity contribution in [2.45, 2.75) is 38.1 Å². The van der Waals surface area contributed by atoms with Crippen LogP contribution in [0.25, 0.3) is 0 Å². The summed E-state index contributed by atoms with van der Waals surface area (Å²) in [4.78, 5) is 0. The van der Waals surface area contributed by atoms with Gasteiger partial charge in [-0.3, -0.25) is 0 Å². The van der Waals surface area contributed by atoms with Crippen LogP contribution < -0.4 is 5.73 Å². The Morgan fingerprint density at radius 3 is 2.81 bits per heavy atom. The first-order valence-electron chi connectivity index (χ1n) is 5.86. The molecule has 88 valence electrons. The maximum Gasteiger partial charge on any atom is 0.141 e. The zero-order valence-electron chi connectivity index (χ0n) is 9.26. The second-order valence-corrected chi connectivity index (χ2v) is 5.05. The first-order valence-corrected chi connectivity index (χ1v) is 6.24. The lowest BCUT2D eigenvalue weighted by Crippen LogP contribution is -2.22. The van der Waals surface area contributed by atoms with Crippen molar-refractivity contribution in [2.75, 3.05) is 0 Å². The average Bonchev–Trinajstić information content (AvgIpc) is 3.07. The molecule has 0 bridgehead atoms. The number of nitrogens with two attached hydrogens (primary N) is 1. The molecule has 1 nitrogen and oxygen atoms in total. The summed E-state index contributed by atoms with van der Waals surface area (Å²) < 4.78 is 12.9. The van der Waals surface area contributed by atoms with Gasteiger partial charge in [-0.05, 0) is 55.7 Å². The van der Waals surface area contributed by atoms with Crippen molar-refractivity contribution in [1.82, 2.24) is 0 Å². The van der Waals surface area contributed by atoms with Crippen molar-refractivity contribution in [3.63, 3.8) is 0 Å². The predicted octanol–water partition coefficient (Wildman–Crippen LogP) is 3.54.